The third kappa shape index (κ3) is 3.14. The van der Waals surface area contributed by atoms with Gasteiger partial charge < -0.3 is 10.2 Å². The zero-order valence-electron chi connectivity index (χ0n) is 11.1. The van der Waals surface area contributed by atoms with Crippen molar-refractivity contribution in [2.24, 2.45) is 0 Å². The minimum Gasteiger partial charge on any atom is -0.423 e. The van der Waals surface area contributed by atoms with Gasteiger partial charge in [0.15, 0.2) is 5.13 Å². The monoisotopic (exact) mass is 382 g/mol. The number of nitrogens with zero attached hydrogens (tertiary/aromatic N) is 1. The Morgan fingerprint density at radius 1 is 1.43 bits per heavy atom. The van der Waals surface area contributed by atoms with Crippen LogP contribution in [0.1, 0.15) is 11.3 Å². The number of hydrogen-bond donors (Lipinski definition) is 1. The van der Waals surface area contributed by atoms with Crippen molar-refractivity contribution in [3.05, 3.63) is 50.4 Å². The van der Waals surface area contributed by atoms with Crippen LogP contribution in [0.15, 0.2) is 42.2 Å². The minimum atomic E-state index is -0.336. The minimum absolute atomic E-state index is 0.336. The van der Waals surface area contributed by atoms with Gasteiger partial charge in [-0.25, -0.2) is 9.78 Å². The Bertz CT molecular complexity index is 873. The summed E-state index contributed by atoms with van der Waals surface area (Å²) in [7, 11) is 0. The Kier molecular flexibility index (Phi) is 4.05. The Balaban J connectivity index is 1.97. The number of aryl methyl sites for hydroxylation is 1. The van der Waals surface area contributed by atoms with Gasteiger partial charge in [0.25, 0.3) is 0 Å². The molecule has 0 atom stereocenters. The van der Waals surface area contributed by atoms with Gasteiger partial charge in [0.05, 0.1) is 9.90 Å². The fraction of sp³-hybridized carbons (Fsp3) is 0.143. The van der Waals surface area contributed by atoms with Crippen LogP contribution in [-0.2, 0) is 5.75 Å². The van der Waals surface area contributed by atoms with Crippen molar-refractivity contribution in [1.29, 1.82) is 0 Å². The second-order valence-corrected chi connectivity index (χ2v) is 7.64. The molecule has 0 bridgehead atoms. The maximum Gasteiger partial charge on any atom is 0.336 e. The molecule has 0 aliphatic rings. The normalized spacial score (nSPS) is 11.1. The predicted molar refractivity (Wildman–Crippen MR) is 91.0 cm³/mol. The van der Waals surface area contributed by atoms with Gasteiger partial charge in [-0.05, 0) is 30.7 Å². The summed E-state index contributed by atoms with van der Waals surface area (Å²) >= 11 is 6.48. The van der Waals surface area contributed by atoms with Crippen LogP contribution in [0, 0.1) is 6.92 Å². The summed E-state index contributed by atoms with van der Waals surface area (Å²) in [4.78, 5) is 15.9. The van der Waals surface area contributed by atoms with E-state index < -0.39 is 0 Å². The number of nitrogens with two attached hydrogens (primary N) is 1. The summed E-state index contributed by atoms with van der Waals surface area (Å²) in [6, 6.07) is 7.24. The average Bonchev–Trinajstić information content (AvgIpc) is 2.73. The molecule has 3 rings (SSSR count). The number of hydrogen-bond acceptors (Lipinski definition) is 6. The van der Waals surface area contributed by atoms with Crippen molar-refractivity contribution < 1.29 is 4.42 Å². The number of thioether (sulfide) groups is 1. The zero-order chi connectivity index (χ0) is 15.0. The van der Waals surface area contributed by atoms with Crippen LogP contribution < -0.4 is 11.4 Å². The summed E-state index contributed by atoms with van der Waals surface area (Å²) in [5.41, 5.74) is 7.84. The summed E-state index contributed by atoms with van der Waals surface area (Å²) in [6.45, 7) is 1.93. The highest BCUT2D eigenvalue weighted by molar-refractivity contribution is 9.10. The van der Waals surface area contributed by atoms with E-state index in [0.717, 1.165) is 25.3 Å². The number of rotatable bonds is 3. The number of benzene rings is 1. The third-order valence-corrected chi connectivity index (χ3v) is 5.81. The first-order chi connectivity index (χ1) is 10.0. The third-order valence-electron chi connectivity index (χ3n) is 2.92. The maximum absolute atomic E-state index is 11.7. The lowest BCUT2D eigenvalue weighted by Crippen LogP contribution is -1.99. The van der Waals surface area contributed by atoms with Crippen LogP contribution in [-0.4, -0.2) is 4.98 Å². The molecule has 0 aliphatic heterocycles. The van der Waals surface area contributed by atoms with Crippen LogP contribution >= 0.6 is 39.0 Å². The molecule has 21 heavy (non-hydrogen) atoms. The lowest BCUT2D eigenvalue weighted by molar-refractivity contribution is 0.559. The molecule has 108 valence electrons. The largest absolute Gasteiger partial charge is 0.423 e. The van der Waals surface area contributed by atoms with E-state index in [1.807, 2.05) is 19.1 Å². The van der Waals surface area contributed by atoms with Crippen molar-refractivity contribution in [2.45, 2.75) is 16.9 Å². The second-order valence-electron chi connectivity index (χ2n) is 4.44. The fourth-order valence-electron chi connectivity index (χ4n) is 2.00. The van der Waals surface area contributed by atoms with Crippen LogP contribution in [0.4, 0.5) is 5.13 Å². The molecule has 0 unspecified atom stereocenters. The Labute approximate surface area is 137 Å². The molecule has 4 nitrogen and oxygen atoms in total. The molecule has 0 aliphatic carbocycles. The molecule has 0 amide bonds. The fourth-order valence-corrected chi connectivity index (χ4v) is 4.36. The van der Waals surface area contributed by atoms with Crippen molar-refractivity contribution in [2.75, 3.05) is 5.73 Å². The first kappa shape index (κ1) is 14.6. The van der Waals surface area contributed by atoms with Gasteiger partial charge in [0.2, 0.25) is 0 Å². The Morgan fingerprint density at radius 2 is 2.24 bits per heavy atom. The highest BCUT2D eigenvalue weighted by Gasteiger charge is 2.10. The lowest BCUT2D eigenvalue weighted by Gasteiger charge is -2.05. The molecule has 7 heteroatoms. The zero-order valence-corrected chi connectivity index (χ0v) is 14.3. The SMILES string of the molecule is Cc1nc(N)sc1SCc1cc(=O)oc2cc(Br)ccc12. The van der Waals surface area contributed by atoms with Crippen molar-refractivity contribution >= 4 is 55.1 Å². The number of halogens is 1. The topological polar surface area (TPSA) is 69.1 Å². The van der Waals surface area contributed by atoms with Crippen molar-refractivity contribution in [1.82, 2.24) is 4.98 Å². The summed E-state index contributed by atoms with van der Waals surface area (Å²) < 4.78 is 7.20. The number of thiazole rings is 1. The summed E-state index contributed by atoms with van der Waals surface area (Å²) in [5.74, 6) is 0.673. The molecule has 0 spiro atoms. The molecule has 0 saturated carbocycles. The molecule has 0 radical (unpaired) electrons. The quantitative estimate of drug-likeness (QED) is 0.542. The molecule has 3 aromatic rings. The van der Waals surface area contributed by atoms with E-state index in [1.54, 1.807) is 23.9 Å². The van der Waals surface area contributed by atoms with E-state index in [9.17, 15) is 4.79 Å². The van der Waals surface area contributed by atoms with E-state index in [4.69, 9.17) is 10.2 Å². The standard InChI is InChI=1S/C14H11BrN2O2S2/c1-7-13(21-14(16)17-7)20-6-8-4-12(18)19-11-5-9(15)2-3-10(8)11/h2-5H,6H2,1H3,(H2,16,17). The van der Waals surface area contributed by atoms with Crippen molar-refractivity contribution in [3.8, 4) is 0 Å². The summed E-state index contributed by atoms with van der Waals surface area (Å²) in [6.07, 6.45) is 0. The molecular weight excluding hydrogens is 372 g/mol. The summed E-state index contributed by atoms with van der Waals surface area (Å²) in [5, 5.41) is 1.51. The van der Waals surface area contributed by atoms with Gasteiger partial charge in [-0.1, -0.05) is 27.3 Å². The molecule has 2 N–H and O–H groups in total. The Morgan fingerprint density at radius 3 is 2.95 bits per heavy atom. The number of aromatic nitrogens is 1. The van der Waals surface area contributed by atoms with Gasteiger partial charge in [0, 0.05) is 21.7 Å². The number of nitrogen functional groups attached to an aromatic ring is 1. The van der Waals surface area contributed by atoms with Crippen LogP contribution in [0.2, 0.25) is 0 Å². The molecule has 0 fully saturated rings. The molecule has 1 aromatic carbocycles. The van der Waals surface area contributed by atoms with E-state index in [2.05, 4.69) is 20.9 Å². The van der Waals surface area contributed by atoms with Crippen LogP contribution in [0.5, 0.6) is 0 Å². The van der Waals surface area contributed by atoms with Crippen molar-refractivity contribution in [3.63, 3.8) is 0 Å². The first-order valence-corrected chi connectivity index (χ1v) is 8.70. The van der Waals surface area contributed by atoms with E-state index >= 15 is 0 Å². The molecular formula is C14H11BrN2O2S2. The highest BCUT2D eigenvalue weighted by atomic mass is 79.9. The van der Waals surface area contributed by atoms with Gasteiger partial charge in [-0.3, -0.25) is 0 Å². The Hall–Kier alpha value is -1.31. The van der Waals surface area contributed by atoms with Gasteiger partial charge in [0.1, 0.15) is 5.58 Å². The average molecular weight is 383 g/mol. The molecule has 0 saturated heterocycles. The lowest BCUT2D eigenvalue weighted by atomic mass is 10.1. The smallest absolute Gasteiger partial charge is 0.336 e. The van der Waals surface area contributed by atoms with Crippen LogP contribution in [0.25, 0.3) is 11.0 Å². The predicted octanol–water partition coefficient (Wildman–Crippen LogP) is 4.19. The first-order valence-electron chi connectivity index (χ1n) is 6.11. The van der Waals surface area contributed by atoms with Gasteiger partial charge in [-0.15, -0.1) is 11.8 Å². The maximum atomic E-state index is 11.7. The molecule has 2 aromatic heterocycles. The second kappa shape index (κ2) is 5.82. The van der Waals surface area contributed by atoms with E-state index in [1.165, 1.54) is 11.3 Å². The van der Waals surface area contributed by atoms with Gasteiger partial charge >= 0.3 is 5.63 Å². The number of anilines is 1. The van der Waals surface area contributed by atoms with E-state index in [0.29, 0.717) is 16.5 Å². The van der Waals surface area contributed by atoms with Crippen LogP contribution in [0.3, 0.4) is 0 Å². The molecule has 2 heterocycles. The number of fused-ring (bicyclic) bond motifs is 1. The van der Waals surface area contributed by atoms with E-state index in [-0.39, 0.29) is 5.63 Å². The highest BCUT2D eigenvalue weighted by Crippen LogP contribution is 2.34. The van der Waals surface area contributed by atoms with Gasteiger partial charge in [-0.2, -0.15) is 0 Å².